The van der Waals surface area contributed by atoms with E-state index in [1.54, 1.807) is 18.4 Å². The van der Waals surface area contributed by atoms with E-state index in [0.717, 1.165) is 33.7 Å². The van der Waals surface area contributed by atoms with E-state index >= 15 is 0 Å². The molecule has 6 nitrogen and oxygen atoms in total. The summed E-state index contributed by atoms with van der Waals surface area (Å²) < 4.78 is 12.4. The maximum atomic E-state index is 12.3. The number of piperidine rings is 1. The van der Waals surface area contributed by atoms with Crippen LogP contribution in [0.3, 0.4) is 0 Å². The fourth-order valence-electron chi connectivity index (χ4n) is 3.07. The topological polar surface area (TPSA) is 63.7 Å². The first-order valence-corrected chi connectivity index (χ1v) is 10.6. The molecule has 4 rings (SSSR count). The minimum atomic E-state index is -0.00562. The molecule has 3 aromatic rings. The second kappa shape index (κ2) is 8.14. The van der Waals surface area contributed by atoms with Crippen molar-refractivity contribution in [1.82, 2.24) is 15.2 Å². The number of carbonyl (C=O) groups excluding carboxylic acids is 1. The van der Waals surface area contributed by atoms with Crippen molar-refractivity contribution in [3.05, 3.63) is 40.6 Å². The van der Waals surface area contributed by atoms with Gasteiger partial charge in [-0.3, -0.25) is 0 Å². The normalized spacial score (nSPS) is 15.1. The molecule has 0 aliphatic carbocycles. The van der Waals surface area contributed by atoms with E-state index in [9.17, 15) is 4.79 Å². The second-order valence-electron chi connectivity index (χ2n) is 6.36. The van der Waals surface area contributed by atoms with Gasteiger partial charge in [0.05, 0.1) is 23.9 Å². The highest BCUT2D eigenvalue weighted by Gasteiger charge is 2.24. The van der Waals surface area contributed by atoms with Crippen LogP contribution in [0.5, 0.6) is 10.9 Å². The molecular weight excluding hydrogens is 382 g/mol. The molecule has 0 radical (unpaired) electrons. The molecule has 2 amide bonds. The van der Waals surface area contributed by atoms with Crippen molar-refractivity contribution < 1.29 is 14.3 Å². The fourth-order valence-corrected chi connectivity index (χ4v) is 4.62. The lowest BCUT2D eigenvalue weighted by Gasteiger charge is -2.31. The summed E-state index contributed by atoms with van der Waals surface area (Å²) in [4.78, 5) is 19.9. The van der Waals surface area contributed by atoms with Crippen LogP contribution in [0.25, 0.3) is 10.2 Å². The number of fused-ring (bicyclic) bond motifs is 1. The Kier molecular flexibility index (Phi) is 5.45. The number of thiazole rings is 1. The number of methoxy groups -OCH3 is 1. The summed E-state index contributed by atoms with van der Waals surface area (Å²) in [6, 6.07) is 9.83. The van der Waals surface area contributed by atoms with Crippen LogP contribution in [0.15, 0.2) is 35.7 Å². The van der Waals surface area contributed by atoms with Crippen LogP contribution in [0, 0.1) is 0 Å². The van der Waals surface area contributed by atoms with Crippen molar-refractivity contribution in [2.45, 2.75) is 25.5 Å². The third kappa shape index (κ3) is 4.33. The summed E-state index contributed by atoms with van der Waals surface area (Å²) in [5.74, 6) is 0.819. The van der Waals surface area contributed by atoms with Gasteiger partial charge in [0, 0.05) is 30.8 Å². The molecule has 1 N–H and O–H groups in total. The maximum Gasteiger partial charge on any atom is 0.317 e. The predicted molar refractivity (Wildman–Crippen MR) is 108 cm³/mol. The van der Waals surface area contributed by atoms with E-state index in [1.165, 1.54) is 11.3 Å². The number of nitrogens with one attached hydrogen (secondary N) is 1. The zero-order valence-electron chi connectivity index (χ0n) is 15.0. The van der Waals surface area contributed by atoms with E-state index in [2.05, 4.69) is 10.3 Å². The van der Waals surface area contributed by atoms with Gasteiger partial charge in [-0.15, -0.1) is 11.3 Å². The number of aromatic nitrogens is 1. The number of ether oxygens (including phenoxy) is 2. The average Bonchev–Trinajstić information content (AvgIpc) is 3.35. The predicted octanol–water partition coefficient (Wildman–Crippen LogP) is 4.12. The number of hydrogen-bond acceptors (Lipinski definition) is 6. The maximum absolute atomic E-state index is 12.3. The molecule has 142 valence electrons. The van der Waals surface area contributed by atoms with Gasteiger partial charge < -0.3 is 19.7 Å². The highest BCUT2D eigenvalue weighted by molar-refractivity contribution is 7.20. The van der Waals surface area contributed by atoms with E-state index in [4.69, 9.17) is 9.47 Å². The van der Waals surface area contributed by atoms with Crippen molar-refractivity contribution >= 4 is 38.9 Å². The molecule has 2 aromatic heterocycles. The molecule has 1 fully saturated rings. The second-order valence-corrected chi connectivity index (χ2v) is 8.38. The molecule has 0 atom stereocenters. The molecule has 0 saturated carbocycles. The van der Waals surface area contributed by atoms with Crippen LogP contribution in [0.4, 0.5) is 4.79 Å². The lowest BCUT2D eigenvalue weighted by Crippen LogP contribution is -2.46. The first-order valence-electron chi connectivity index (χ1n) is 8.87. The van der Waals surface area contributed by atoms with E-state index in [1.807, 2.05) is 40.6 Å². The van der Waals surface area contributed by atoms with Crippen molar-refractivity contribution in [1.29, 1.82) is 0 Å². The minimum Gasteiger partial charge on any atom is -0.497 e. The third-order valence-electron chi connectivity index (χ3n) is 4.57. The number of urea groups is 1. The monoisotopic (exact) mass is 403 g/mol. The zero-order valence-corrected chi connectivity index (χ0v) is 16.6. The van der Waals surface area contributed by atoms with Gasteiger partial charge in [0.15, 0.2) is 0 Å². The Labute approximate surface area is 165 Å². The number of hydrogen-bond donors (Lipinski definition) is 1. The minimum absolute atomic E-state index is 0.00562. The highest BCUT2D eigenvalue weighted by Crippen LogP contribution is 2.32. The highest BCUT2D eigenvalue weighted by atomic mass is 32.1. The number of amides is 2. The van der Waals surface area contributed by atoms with E-state index in [-0.39, 0.29) is 12.1 Å². The lowest BCUT2D eigenvalue weighted by atomic mass is 10.1. The van der Waals surface area contributed by atoms with Crippen LogP contribution in [-0.4, -0.2) is 42.2 Å². The van der Waals surface area contributed by atoms with Crippen molar-refractivity contribution in [2.75, 3.05) is 20.2 Å². The molecule has 0 spiro atoms. The molecule has 1 aromatic carbocycles. The summed E-state index contributed by atoms with van der Waals surface area (Å²) in [7, 11) is 1.66. The largest absolute Gasteiger partial charge is 0.497 e. The van der Waals surface area contributed by atoms with E-state index in [0.29, 0.717) is 24.8 Å². The van der Waals surface area contributed by atoms with Gasteiger partial charge in [-0.05, 0) is 29.6 Å². The summed E-state index contributed by atoms with van der Waals surface area (Å²) in [5, 5.41) is 5.68. The Balaban J connectivity index is 1.28. The summed E-state index contributed by atoms with van der Waals surface area (Å²) in [6.45, 7) is 1.97. The molecule has 0 bridgehead atoms. The first kappa shape index (κ1) is 18.1. The standard InChI is InChI=1S/C19H21N3O3S2/c1-24-14-4-5-16-17(11-14)27-19(21-16)25-13-6-8-22(9-7-13)18(23)20-12-15-3-2-10-26-15/h2-5,10-11,13H,6-9,12H2,1H3,(H,20,23). The molecule has 8 heteroatoms. The Bertz CT molecular complexity index is 902. The first-order chi connectivity index (χ1) is 13.2. The van der Waals surface area contributed by atoms with Crippen LogP contribution in [0.1, 0.15) is 17.7 Å². The van der Waals surface area contributed by atoms with Gasteiger partial charge in [0.2, 0.25) is 0 Å². The van der Waals surface area contributed by atoms with E-state index < -0.39 is 0 Å². The Morgan fingerprint density at radius 2 is 2.19 bits per heavy atom. The van der Waals surface area contributed by atoms with Crippen LogP contribution in [-0.2, 0) is 6.54 Å². The zero-order chi connectivity index (χ0) is 18.6. The quantitative estimate of drug-likeness (QED) is 0.696. The number of likely N-dealkylation sites (tertiary alicyclic amines) is 1. The van der Waals surface area contributed by atoms with Crippen molar-refractivity contribution in [3.63, 3.8) is 0 Å². The Morgan fingerprint density at radius 3 is 2.93 bits per heavy atom. The van der Waals surface area contributed by atoms with Gasteiger partial charge in [0.25, 0.3) is 5.19 Å². The van der Waals surface area contributed by atoms with Crippen LogP contribution in [0.2, 0.25) is 0 Å². The van der Waals surface area contributed by atoms with Gasteiger partial charge in [-0.25, -0.2) is 9.78 Å². The van der Waals surface area contributed by atoms with Gasteiger partial charge in [0.1, 0.15) is 11.9 Å². The molecule has 3 heterocycles. The SMILES string of the molecule is COc1ccc2nc(OC3CCN(C(=O)NCc4cccs4)CC3)sc2c1. The Morgan fingerprint density at radius 1 is 1.33 bits per heavy atom. The molecule has 0 unspecified atom stereocenters. The van der Waals surface area contributed by atoms with Crippen LogP contribution >= 0.6 is 22.7 Å². The number of nitrogens with zero attached hydrogens (tertiary/aromatic N) is 2. The van der Waals surface area contributed by atoms with Gasteiger partial charge >= 0.3 is 6.03 Å². The number of rotatable bonds is 5. The van der Waals surface area contributed by atoms with Crippen molar-refractivity contribution in [2.24, 2.45) is 0 Å². The molecule has 1 aliphatic rings. The number of benzene rings is 1. The van der Waals surface area contributed by atoms with Gasteiger partial charge in [-0.2, -0.15) is 0 Å². The fraction of sp³-hybridized carbons (Fsp3) is 0.368. The summed E-state index contributed by atoms with van der Waals surface area (Å²) >= 11 is 3.18. The molecule has 1 aliphatic heterocycles. The summed E-state index contributed by atoms with van der Waals surface area (Å²) in [6.07, 6.45) is 1.71. The lowest BCUT2D eigenvalue weighted by molar-refractivity contribution is 0.111. The van der Waals surface area contributed by atoms with Crippen molar-refractivity contribution in [3.8, 4) is 10.9 Å². The Hall–Kier alpha value is -2.32. The smallest absolute Gasteiger partial charge is 0.317 e. The summed E-state index contributed by atoms with van der Waals surface area (Å²) in [5.41, 5.74) is 0.918. The molecule has 27 heavy (non-hydrogen) atoms. The van der Waals surface area contributed by atoms with Crippen LogP contribution < -0.4 is 14.8 Å². The third-order valence-corrected chi connectivity index (χ3v) is 6.35. The molecular formula is C19H21N3O3S2. The molecule has 1 saturated heterocycles. The average molecular weight is 404 g/mol. The number of thiophene rings is 1. The van der Waals surface area contributed by atoms with Gasteiger partial charge in [-0.1, -0.05) is 17.4 Å². The number of carbonyl (C=O) groups is 1.